The van der Waals surface area contributed by atoms with E-state index in [1.165, 1.54) is 0 Å². The Kier molecular flexibility index (Phi) is 7.89. The van der Waals surface area contributed by atoms with Crippen LogP contribution in [-0.4, -0.2) is 24.6 Å². The highest BCUT2D eigenvalue weighted by molar-refractivity contribution is 5.84. The predicted octanol–water partition coefficient (Wildman–Crippen LogP) is 2.15. The summed E-state index contributed by atoms with van der Waals surface area (Å²) in [6.07, 6.45) is 1.14. The smallest absolute Gasteiger partial charge is 0.407 e. The Hall–Kier alpha value is -2.08. The number of carbonyl (C=O) groups excluding carboxylic acids is 2. The van der Waals surface area contributed by atoms with Gasteiger partial charge in [0.15, 0.2) is 0 Å². The fraction of sp³-hybridized carbons (Fsp3) is 0.467. The molecule has 0 aliphatic rings. The second kappa shape index (κ2) is 9.77. The molecule has 21 heavy (non-hydrogen) atoms. The number of nitrogens with one attached hydrogen (secondary N) is 2. The number of ether oxygens (including phenoxy) is 1. The zero-order chi connectivity index (χ0) is 15.5. The highest BCUT2D eigenvalue weighted by Gasteiger charge is 2.16. The van der Waals surface area contributed by atoms with Gasteiger partial charge in [0.1, 0.15) is 6.04 Å². The van der Waals surface area contributed by atoms with Crippen LogP contribution in [0.3, 0.4) is 0 Å². The molecule has 2 amide bonds. The van der Waals surface area contributed by atoms with Crippen LogP contribution in [0.1, 0.15) is 32.3 Å². The van der Waals surface area contributed by atoms with Gasteiger partial charge in [0.2, 0.25) is 0 Å². The fourth-order valence-electron chi connectivity index (χ4n) is 1.45. The molecular formula is C15H22N2O4. The summed E-state index contributed by atoms with van der Waals surface area (Å²) < 4.78 is 4.91. The third kappa shape index (κ3) is 7.31. The lowest BCUT2D eigenvalue weighted by molar-refractivity contribution is -0.136. The van der Waals surface area contributed by atoms with Gasteiger partial charge in [0, 0.05) is 0 Å². The maximum absolute atomic E-state index is 11.7. The first-order valence-electron chi connectivity index (χ1n) is 7.02. The number of unbranched alkanes of at least 4 members (excludes halogenated alkanes) is 1. The number of hydrogen-bond acceptors (Lipinski definition) is 4. The van der Waals surface area contributed by atoms with E-state index in [0.29, 0.717) is 6.61 Å². The Balaban J connectivity index is 2.20. The van der Waals surface area contributed by atoms with Gasteiger partial charge >= 0.3 is 6.09 Å². The molecule has 2 N–H and O–H groups in total. The number of hydrogen-bond donors (Lipinski definition) is 2. The van der Waals surface area contributed by atoms with Crippen LogP contribution < -0.4 is 10.8 Å². The van der Waals surface area contributed by atoms with E-state index < -0.39 is 18.0 Å². The third-order valence-electron chi connectivity index (χ3n) is 2.71. The van der Waals surface area contributed by atoms with Crippen LogP contribution in [0.4, 0.5) is 4.79 Å². The van der Waals surface area contributed by atoms with E-state index in [-0.39, 0.29) is 6.61 Å². The normalized spacial score (nSPS) is 11.5. The summed E-state index contributed by atoms with van der Waals surface area (Å²) in [4.78, 5) is 28.2. The first-order valence-corrected chi connectivity index (χ1v) is 7.02. The fourth-order valence-corrected chi connectivity index (χ4v) is 1.45. The molecule has 1 aromatic carbocycles. The molecule has 0 aromatic heterocycles. The number of alkyl carbamates (subject to hydrolysis) is 1. The largest absolute Gasteiger partial charge is 0.450 e. The van der Waals surface area contributed by atoms with Gasteiger partial charge in [-0.1, -0.05) is 43.7 Å². The minimum absolute atomic E-state index is 0.264. The van der Waals surface area contributed by atoms with Gasteiger partial charge in [-0.2, -0.15) is 0 Å². The Labute approximate surface area is 124 Å². The molecule has 0 radical (unpaired) electrons. The highest BCUT2D eigenvalue weighted by atomic mass is 16.7. The van der Waals surface area contributed by atoms with Crippen molar-refractivity contribution in [2.75, 3.05) is 6.61 Å². The molecule has 0 spiro atoms. The molecule has 1 aromatic rings. The maximum atomic E-state index is 11.7. The van der Waals surface area contributed by atoms with E-state index in [0.717, 1.165) is 18.4 Å². The minimum atomic E-state index is -0.727. The molecule has 116 valence electrons. The molecule has 0 bridgehead atoms. The molecule has 0 saturated carbocycles. The molecule has 6 nitrogen and oxygen atoms in total. The van der Waals surface area contributed by atoms with E-state index in [9.17, 15) is 9.59 Å². The minimum Gasteiger partial charge on any atom is -0.450 e. The van der Waals surface area contributed by atoms with Crippen LogP contribution in [0.2, 0.25) is 0 Å². The quantitative estimate of drug-likeness (QED) is 0.569. The number of carbonyl (C=O) groups is 2. The van der Waals surface area contributed by atoms with Crippen LogP contribution in [0, 0.1) is 0 Å². The van der Waals surface area contributed by atoms with Crippen molar-refractivity contribution in [2.24, 2.45) is 0 Å². The van der Waals surface area contributed by atoms with Crippen LogP contribution in [0.25, 0.3) is 0 Å². The molecule has 0 unspecified atom stereocenters. The van der Waals surface area contributed by atoms with Crippen LogP contribution in [0.15, 0.2) is 30.3 Å². The Morgan fingerprint density at radius 1 is 1.24 bits per heavy atom. The number of benzene rings is 1. The van der Waals surface area contributed by atoms with Gasteiger partial charge in [-0.15, -0.1) is 0 Å². The molecule has 1 atom stereocenters. The molecule has 0 saturated heterocycles. The average molecular weight is 294 g/mol. The second-order valence-corrected chi connectivity index (χ2v) is 4.60. The van der Waals surface area contributed by atoms with Crippen LogP contribution in [-0.2, 0) is 21.0 Å². The van der Waals surface area contributed by atoms with Crippen molar-refractivity contribution in [3.05, 3.63) is 35.9 Å². The van der Waals surface area contributed by atoms with E-state index in [1.54, 1.807) is 6.92 Å². The van der Waals surface area contributed by atoms with Crippen molar-refractivity contribution in [1.82, 2.24) is 10.8 Å². The van der Waals surface area contributed by atoms with Gasteiger partial charge in [-0.05, 0) is 18.9 Å². The molecule has 0 aliphatic heterocycles. The monoisotopic (exact) mass is 294 g/mol. The molecule has 1 rings (SSSR count). The van der Waals surface area contributed by atoms with Crippen molar-refractivity contribution in [2.45, 2.75) is 39.3 Å². The Bertz CT molecular complexity index is 437. The van der Waals surface area contributed by atoms with Gasteiger partial charge in [-0.25, -0.2) is 10.3 Å². The van der Waals surface area contributed by atoms with E-state index >= 15 is 0 Å². The lowest BCUT2D eigenvalue weighted by atomic mass is 10.2. The van der Waals surface area contributed by atoms with Crippen LogP contribution >= 0.6 is 0 Å². The number of amides is 2. The standard InChI is InChI=1S/C15H22N2O4/c1-3-4-10-20-15(19)16-12(2)14(18)17-21-11-13-8-6-5-7-9-13/h5-9,12H,3-4,10-11H2,1-2H3,(H,16,19)(H,17,18)/t12-/m1/s1. The van der Waals surface area contributed by atoms with Crippen molar-refractivity contribution in [1.29, 1.82) is 0 Å². The van der Waals surface area contributed by atoms with Crippen molar-refractivity contribution in [3.63, 3.8) is 0 Å². The summed E-state index contributed by atoms with van der Waals surface area (Å²) in [5.41, 5.74) is 3.24. The summed E-state index contributed by atoms with van der Waals surface area (Å²) in [5, 5.41) is 2.43. The zero-order valence-corrected chi connectivity index (χ0v) is 12.4. The summed E-state index contributed by atoms with van der Waals surface area (Å²) in [6, 6.07) is 8.72. The van der Waals surface area contributed by atoms with Gasteiger partial charge in [0.25, 0.3) is 5.91 Å². The van der Waals surface area contributed by atoms with Gasteiger partial charge in [0.05, 0.1) is 13.2 Å². The Morgan fingerprint density at radius 3 is 2.62 bits per heavy atom. The molecule has 0 aliphatic carbocycles. The van der Waals surface area contributed by atoms with Crippen molar-refractivity contribution in [3.8, 4) is 0 Å². The molecule has 0 heterocycles. The highest BCUT2D eigenvalue weighted by Crippen LogP contribution is 1.99. The molecular weight excluding hydrogens is 272 g/mol. The predicted molar refractivity (Wildman–Crippen MR) is 78.2 cm³/mol. The van der Waals surface area contributed by atoms with E-state index in [1.807, 2.05) is 37.3 Å². The SMILES string of the molecule is CCCCOC(=O)N[C@H](C)C(=O)NOCc1ccccc1. The lowest BCUT2D eigenvalue weighted by Gasteiger charge is -2.14. The van der Waals surface area contributed by atoms with E-state index in [2.05, 4.69) is 10.8 Å². The van der Waals surface area contributed by atoms with Gasteiger partial charge < -0.3 is 10.1 Å². The van der Waals surface area contributed by atoms with Crippen molar-refractivity contribution < 1.29 is 19.2 Å². The first kappa shape index (κ1) is 17.0. The van der Waals surface area contributed by atoms with E-state index in [4.69, 9.17) is 9.57 Å². The molecule has 6 heteroatoms. The topological polar surface area (TPSA) is 76.7 Å². The Morgan fingerprint density at radius 2 is 1.95 bits per heavy atom. The second-order valence-electron chi connectivity index (χ2n) is 4.60. The van der Waals surface area contributed by atoms with Crippen LogP contribution in [0.5, 0.6) is 0 Å². The summed E-state index contributed by atoms with van der Waals surface area (Å²) in [7, 11) is 0. The summed E-state index contributed by atoms with van der Waals surface area (Å²) >= 11 is 0. The lowest BCUT2D eigenvalue weighted by Crippen LogP contribution is -2.44. The maximum Gasteiger partial charge on any atom is 0.407 e. The van der Waals surface area contributed by atoms with Crippen molar-refractivity contribution >= 4 is 12.0 Å². The number of rotatable bonds is 8. The zero-order valence-electron chi connectivity index (χ0n) is 12.4. The number of hydroxylamine groups is 1. The average Bonchev–Trinajstić information content (AvgIpc) is 2.48. The molecule has 0 fully saturated rings. The summed E-state index contributed by atoms with van der Waals surface area (Å²) in [5.74, 6) is -0.432. The van der Waals surface area contributed by atoms with Gasteiger partial charge in [-0.3, -0.25) is 9.63 Å². The first-order chi connectivity index (χ1) is 10.1. The third-order valence-corrected chi connectivity index (χ3v) is 2.71. The summed E-state index contributed by atoms with van der Waals surface area (Å²) in [6.45, 7) is 4.17.